The molecule has 0 radical (unpaired) electrons. The van der Waals surface area contributed by atoms with E-state index in [0.717, 1.165) is 0 Å². The maximum absolute atomic E-state index is 3.50. The molecule has 0 aromatic heterocycles. The number of allylic oxidation sites excluding steroid dienone is 4. The molecule has 0 N–H and O–H groups in total. The molecule has 38 valence electrons. The van der Waals surface area contributed by atoms with E-state index >= 15 is 0 Å². The molecule has 0 rings (SSSR count). The number of hydrogen-bond donors (Lipinski definition) is 0. The van der Waals surface area contributed by atoms with Crippen LogP contribution in [0.3, 0.4) is 0 Å². The van der Waals surface area contributed by atoms with E-state index in [1.807, 2.05) is 18.2 Å². The second kappa shape index (κ2) is 5.70. The first-order valence-corrected chi connectivity index (χ1v) is 2.88. The molecule has 0 aliphatic rings. The summed E-state index contributed by atoms with van der Waals surface area (Å²) < 4.78 is 0. The molecule has 0 heterocycles. The third-order valence-electron chi connectivity index (χ3n) is 0.431. The van der Waals surface area contributed by atoms with Crippen LogP contribution >= 0.6 is 15.9 Å². The van der Waals surface area contributed by atoms with Crippen molar-refractivity contribution in [2.24, 2.45) is 0 Å². The van der Waals surface area contributed by atoms with Crippen molar-refractivity contribution in [1.82, 2.24) is 0 Å². The van der Waals surface area contributed by atoms with Gasteiger partial charge in [0, 0.05) is 0 Å². The zero-order chi connectivity index (χ0) is 5.54. The molecule has 0 bridgehead atoms. The topological polar surface area (TPSA) is 0 Å². The normalized spacial score (nSPS) is 11.0. The van der Waals surface area contributed by atoms with Crippen LogP contribution < -0.4 is 0 Å². The van der Waals surface area contributed by atoms with E-state index in [0.29, 0.717) is 0 Å². The van der Waals surface area contributed by atoms with Crippen LogP contribution in [0.5, 0.6) is 0 Å². The first-order chi connectivity index (χ1) is 3.41. The highest BCUT2D eigenvalue weighted by Gasteiger charge is 1.53. The highest BCUT2D eigenvalue weighted by molar-refractivity contribution is 9.11. The molecule has 0 amide bonds. The minimum Gasteiger partial charge on any atom is -0.0991 e. The molecule has 0 saturated heterocycles. The van der Waals surface area contributed by atoms with Crippen LogP contribution in [0.25, 0.3) is 0 Å². The monoisotopic (exact) mass is 158 g/mol. The fourth-order valence-electron chi connectivity index (χ4n) is 0.185. The first kappa shape index (κ1) is 6.70. The van der Waals surface area contributed by atoms with Gasteiger partial charge in [0.15, 0.2) is 0 Å². The molecule has 0 fully saturated rings. The molecule has 7 heavy (non-hydrogen) atoms. The van der Waals surface area contributed by atoms with Crippen LogP contribution in [0.4, 0.5) is 0 Å². The Bertz CT molecular complexity index is 90.4. The van der Waals surface area contributed by atoms with E-state index in [1.54, 1.807) is 11.1 Å². The predicted molar refractivity (Wildman–Crippen MR) is 37.4 cm³/mol. The first-order valence-electron chi connectivity index (χ1n) is 1.96. The summed E-state index contributed by atoms with van der Waals surface area (Å²) in [5, 5.41) is 0. The Labute approximate surface area is 52.4 Å². The van der Waals surface area contributed by atoms with E-state index in [-0.39, 0.29) is 0 Å². The van der Waals surface area contributed by atoms with E-state index < -0.39 is 0 Å². The lowest BCUT2D eigenvalue weighted by atomic mass is 10.5. The Hall–Kier alpha value is -0.300. The fraction of sp³-hybridized carbons (Fsp3) is 0. The highest BCUT2D eigenvalue weighted by Crippen LogP contribution is 1.82. The molecular formula is C6H7Br. The molecule has 0 aliphatic carbocycles. The van der Waals surface area contributed by atoms with Gasteiger partial charge in [0.1, 0.15) is 0 Å². The van der Waals surface area contributed by atoms with E-state index in [1.165, 1.54) is 0 Å². The average Bonchev–Trinajstić information content (AvgIpc) is 1.69. The molecule has 0 spiro atoms. The second-order valence-corrected chi connectivity index (χ2v) is 1.47. The molecular weight excluding hydrogens is 152 g/mol. The van der Waals surface area contributed by atoms with Gasteiger partial charge in [-0.2, -0.15) is 0 Å². The van der Waals surface area contributed by atoms with Crippen LogP contribution in [-0.4, -0.2) is 0 Å². The second-order valence-electron chi connectivity index (χ2n) is 0.939. The van der Waals surface area contributed by atoms with Crippen LogP contribution in [0, 0.1) is 0 Å². The molecule has 0 aromatic carbocycles. The maximum atomic E-state index is 3.50. The summed E-state index contributed by atoms with van der Waals surface area (Å²) >= 11 is 3.11. The van der Waals surface area contributed by atoms with Gasteiger partial charge in [-0.25, -0.2) is 0 Å². The van der Waals surface area contributed by atoms with Gasteiger partial charge in [-0.15, -0.1) is 0 Å². The Morgan fingerprint density at radius 3 is 2.29 bits per heavy atom. The summed E-state index contributed by atoms with van der Waals surface area (Å²) in [5.74, 6) is 0. The van der Waals surface area contributed by atoms with Gasteiger partial charge >= 0.3 is 0 Å². The van der Waals surface area contributed by atoms with E-state index in [2.05, 4.69) is 22.5 Å². The third kappa shape index (κ3) is 5.70. The molecule has 0 saturated carbocycles. The predicted octanol–water partition coefficient (Wildman–Crippen LogP) is 2.64. The quantitative estimate of drug-likeness (QED) is 0.543. The zero-order valence-corrected chi connectivity index (χ0v) is 5.56. The fourth-order valence-corrected chi connectivity index (χ4v) is 0.361. The largest absolute Gasteiger partial charge is 0.0991 e. The minimum atomic E-state index is 1.73. The lowest BCUT2D eigenvalue weighted by Crippen LogP contribution is -1.40. The van der Waals surface area contributed by atoms with Crippen LogP contribution in [0.1, 0.15) is 0 Å². The standard InChI is InChI=1S/C6H7Br/c1-2-3-4-5-6-7/h2-6H,1H2/b4-3-,6-5+. The lowest BCUT2D eigenvalue weighted by Gasteiger charge is -1.64. The highest BCUT2D eigenvalue weighted by atomic mass is 79.9. The number of hydrogen-bond acceptors (Lipinski definition) is 0. The summed E-state index contributed by atoms with van der Waals surface area (Å²) in [6.45, 7) is 3.50. The molecule has 1 heteroatoms. The van der Waals surface area contributed by atoms with Crippen molar-refractivity contribution in [1.29, 1.82) is 0 Å². The molecule has 0 aromatic rings. The Morgan fingerprint density at radius 1 is 1.14 bits per heavy atom. The van der Waals surface area contributed by atoms with Gasteiger partial charge in [-0.3, -0.25) is 0 Å². The van der Waals surface area contributed by atoms with Crippen LogP contribution in [0.2, 0.25) is 0 Å². The summed E-state index contributed by atoms with van der Waals surface area (Å²) in [6.07, 6.45) is 7.36. The third-order valence-corrected chi connectivity index (χ3v) is 0.736. The van der Waals surface area contributed by atoms with Crippen LogP contribution in [0.15, 0.2) is 35.9 Å². The van der Waals surface area contributed by atoms with Gasteiger partial charge < -0.3 is 0 Å². The minimum absolute atomic E-state index is 1.73. The van der Waals surface area contributed by atoms with Crippen molar-refractivity contribution in [2.45, 2.75) is 0 Å². The average molecular weight is 159 g/mol. The van der Waals surface area contributed by atoms with Gasteiger partial charge in [-0.05, 0) is 4.99 Å². The number of halogens is 1. The van der Waals surface area contributed by atoms with Gasteiger partial charge in [-0.1, -0.05) is 46.8 Å². The SMILES string of the molecule is C=C/C=C\C=C\Br. The Morgan fingerprint density at radius 2 is 1.86 bits per heavy atom. The smallest absolute Gasteiger partial charge is 0.0189 e. The van der Waals surface area contributed by atoms with Crippen molar-refractivity contribution in [3.05, 3.63) is 35.9 Å². The number of rotatable bonds is 2. The van der Waals surface area contributed by atoms with Crippen LogP contribution in [-0.2, 0) is 0 Å². The summed E-state index contributed by atoms with van der Waals surface area (Å²) in [6, 6.07) is 0. The molecule has 0 atom stereocenters. The van der Waals surface area contributed by atoms with Crippen molar-refractivity contribution in [3.63, 3.8) is 0 Å². The summed E-state index contributed by atoms with van der Waals surface area (Å²) in [7, 11) is 0. The van der Waals surface area contributed by atoms with Crippen molar-refractivity contribution < 1.29 is 0 Å². The van der Waals surface area contributed by atoms with Gasteiger partial charge in [0.2, 0.25) is 0 Å². The Kier molecular flexibility index (Phi) is 5.46. The maximum Gasteiger partial charge on any atom is -0.0189 e. The van der Waals surface area contributed by atoms with Crippen molar-refractivity contribution >= 4 is 15.9 Å². The molecule has 0 unspecified atom stereocenters. The lowest BCUT2D eigenvalue weighted by molar-refractivity contribution is 1.97. The van der Waals surface area contributed by atoms with Crippen molar-refractivity contribution in [3.8, 4) is 0 Å². The zero-order valence-electron chi connectivity index (χ0n) is 3.97. The molecule has 0 aliphatic heterocycles. The van der Waals surface area contributed by atoms with Crippen molar-refractivity contribution in [2.75, 3.05) is 0 Å². The Balaban J connectivity index is 3.27. The van der Waals surface area contributed by atoms with E-state index in [9.17, 15) is 0 Å². The summed E-state index contributed by atoms with van der Waals surface area (Å²) in [4.78, 5) is 1.78. The van der Waals surface area contributed by atoms with E-state index in [4.69, 9.17) is 0 Å². The molecule has 0 nitrogen and oxygen atoms in total. The van der Waals surface area contributed by atoms with Gasteiger partial charge in [0.05, 0.1) is 0 Å². The van der Waals surface area contributed by atoms with Gasteiger partial charge in [0.25, 0.3) is 0 Å². The summed E-state index contributed by atoms with van der Waals surface area (Å²) in [5.41, 5.74) is 0.